The van der Waals surface area contributed by atoms with Crippen molar-refractivity contribution in [3.05, 3.63) is 12.3 Å². The number of amides is 1. The minimum absolute atomic E-state index is 0.245. The number of ether oxygens (including phenoxy) is 1. The summed E-state index contributed by atoms with van der Waals surface area (Å²) in [6.45, 7) is 5.78. The second-order valence-electron chi connectivity index (χ2n) is 2.79. The van der Waals surface area contributed by atoms with Crippen molar-refractivity contribution in [3.63, 3.8) is 0 Å². The van der Waals surface area contributed by atoms with E-state index in [0.29, 0.717) is 0 Å². The number of likely N-dealkylation sites (tertiary alicyclic amines) is 1. The van der Waals surface area contributed by atoms with E-state index in [1.807, 2.05) is 6.92 Å². The van der Waals surface area contributed by atoms with E-state index in [4.69, 9.17) is 0 Å². The molecule has 1 heterocycles. The minimum atomic E-state index is -0.292. The summed E-state index contributed by atoms with van der Waals surface area (Å²) < 4.78 is 4.60. The van der Waals surface area contributed by atoms with Gasteiger partial charge in [0.15, 0.2) is 0 Å². The van der Waals surface area contributed by atoms with Gasteiger partial charge >= 0.3 is 6.09 Å². The van der Waals surface area contributed by atoms with Gasteiger partial charge in [0.05, 0.1) is 7.11 Å². The highest BCUT2D eigenvalue weighted by atomic mass is 16.5. The monoisotopic (exact) mass is 155 g/mol. The lowest BCUT2D eigenvalue weighted by Gasteiger charge is -2.20. The molecule has 1 unspecified atom stereocenters. The molecule has 0 spiro atoms. The van der Waals surface area contributed by atoms with Crippen LogP contribution in [0.3, 0.4) is 0 Å². The lowest BCUT2D eigenvalue weighted by Crippen LogP contribution is -2.31. The molecular weight excluding hydrogens is 142 g/mol. The van der Waals surface area contributed by atoms with Crippen LogP contribution in [0.2, 0.25) is 0 Å². The summed E-state index contributed by atoms with van der Waals surface area (Å²) in [5, 5.41) is 0. The quantitative estimate of drug-likeness (QED) is 0.533. The Morgan fingerprint density at radius 2 is 2.45 bits per heavy atom. The number of hydrogen-bond donors (Lipinski definition) is 0. The molecule has 62 valence electrons. The molecule has 0 bridgehead atoms. The second kappa shape index (κ2) is 2.95. The van der Waals surface area contributed by atoms with Crippen LogP contribution in [0, 0.1) is 0 Å². The van der Waals surface area contributed by atoms with Gasteiger partial charge in [0.2, 0.25) is 0 Å². The number of allylic oxidation sites excluding steroid dienone is 1. The summed E-state index contributed by atoms with van der Waals surface area (Å²) >= 11 is 0. The molecular formula is C8H13NO2. The molecule has 1 amide bonds. The van der Waals surface area contributed by atoms with Crippen LogP contribution >= 0.6 is 0 Å². The van der Waals surface area contributed by atoms with Crippen LogP contribution < -0.4 is 0 Å². The van der Waals surface area contributed by atoms with E-state index < -0.39 is 0 Å². The predicted molar refractivity (Wildman–Crippen MR) is 42.1 cm³/mol. The highest BCUT2D eigenvalue weighted by Crippen LogP contribution is 2.25. The van der Waals surface area contributed by atoms with Gasteiger partial charge in [-0.1, -0.05) is 6.58 Å². The zero-order valence-electron chi connectivity index (χ0n) is 6.96. The number of carbonyl (C=O) groups excluding carboxylic acids is 1. The maximum absolute atomic E-state index is 11.1. The summed E-state index contributed by atoms with van der Waals surface area (Å²) in [6.07, 6.45) is 1.60. The molecule has 1 atom stereocenters. The lowest BCUT2D eigenvalue weighted by atomic mass is 10.2. The van der Waals surface area contributed by atoms with Crippen molar-refractivity contribution < 1.29 is 9.53 Å². The Bertz CT molecular complexity index is 189. The number of carbonyl (C=O) groups is 1. The fraction of sp³-hybridized carbons (Fsp3) is 0.625. The Kier molecular flexibility index (Phi) is 2.17. The molecule has 0 aromatic carbocycles. The Labute approximate surface area is 66.6 Å². The Balaban J connectivity index is 2.68. The van der Waals surface area contributed by atoms with Crippen LogP contribution in [0.25, 0.3) is 0 Å². The van der Waals surface area contributed by atoms with Crippen molar-refractivity contribution >= 4 is 6.09 Å². The maximum atomic E-state index is 11.1. The first-order valence-corrected chi connectivity index (χ1v) is 3.71. The zero-order chi connectivity index (χ0) is 8.43. The smallest absolute Gasteiger partial charge is 0.413 e. The fourth-order valence-corrected chi connectivity index (χ4v) is 1.34. The minimum Gasteiger partial charge on any atom is -0.452 e. The standard InChI is InChI=1S/C8H13NO2/c1-6-4-5-7(2)9(6)8(10)11-3/h7H,1,4-5H2,2-3H3. The highest BCUT2D eigenvalue weighted by molar-refractivity contribution is 5.70. The van der Waals surface area contributed by atoms with Gasteiger partial charge in [0.1, 0.15) is 0 Å². The van der Waals surface area contributed by atoms with Crippen LogP contribution in [0.5, 0.6) is 0 Å². The van der Waals surface area contributed by atoms with Crippen LogP contribution in [-0.4, -0.2) is 24.1 Å². The van der Waals surface area contributed by atoms with Crippen molar-refractivity contribution in [1.82, 2.24) is 4.90 Å². The average Bonchev–Trinajstić information content (AvgIpc) is 2.30. The molecule has 1 saturated heterocycles. The van der Waals surface area contributed by atoms with E-state index in [0.717, 1.165) is 18.5 Å². The van der Waals surface area contributed by atoms with Crippen LogP contribution in [0.15, 0.2) is 12.3 Å². The van der Waals surface area contributed by atoms with Crippen LogP contribution in [0.1, 0.15) is 19.8 Å². The SMILES string of the molecule is C=C1CCC(C)N1C(=O)OC. The fourth-order valence-electron chi connectivity index (χ4n) is 1.34. The molecule has 0 radical (unpaired) electrons. The molecule has 3 heteroatoms. The molecule has 0 aromatic heterocycles. The third-order valence-corrected chi connectivity index (χ3v) is 2.00. The topological polar surface area (TPSA) is 29.5 Å². The first kappa shape index (κ1) is 8.11. The Morgan fingerprint density at radius 1 is 1.82 bits per heavy atom. The van der Waals surface area contributed by atoms with Gasteiger partial charge in [-0.15, -0.1) is 0 Å². The normalized spacial score (nSPS) is 24.0. The zero-order valence-corrected chi connectivity index (χ0v) is 6.96. The number of hydrogen-bond acceptors (Lipinski definition) is 2. The van der Waals surface area contributed by atoms with Crippen molar-refractivity contribution in [2.45, 2.75) is 25.8 Å². The summed E-state index contributed by atoms with van der Waals surface area (Å²) in [5.74, 6) is 0. The van der Waals surface area contributed by atoms with Gasteiger partial charge in [-0.25, -0.2) is 4.79 Å². The van der Waals surface area contributed by atoms with Gasteiger partial charge < -0.3 is 4.74 Å². The molecule has 0 aliphatic carbocycles. The molecule has 3 nitrogen and oxygen atoms in total. The summed E-state index contributed by atoms with van der Waals surface area (Å²) in [6, 6.07) is 0.245. The van der Waals surface area contributed by atoms with E-state index in [-0.39, 0.29) is 12.1 Å². The summed E-state index contributed by atoms with van der Waals surface area (Å²) in [7, 11) is 1.39. The van der Waals surface area contributed by atoms with E-state index in [1.165, 1.54) is 7.11 Å². The molecule has 0 aromatic rings. The highest BCUT2D eigenvalue weighted by Gasteiger charge is 2.28. The second-order valence-corrected chi connectivity index (χ2v) is 2.79. The van der Waals surface area contributed by atoms with E-state index >= 15 is 0 Å². The molecule has 1 aliphatic heterocycles. The van der Waals surface area contributed by atoms with E-state index in [2.05, 4.69) is 11.3 Å². The molecule has 1 rings (SSSR count). The molecule has 11 heavy (non-hydrogen) atoms. The van der Waals surface area contributed by atoms with Gasteiger partial charge in [0, 0.05) is 11.7 Å². The molecule has 1 aliphatic rings. The first-order chi connectivity index (χ1) is 5.16. The lowest BCUT2D eigenvalue weighted by molar-refractivity contribution is 0.131. The summed E-state index contributed by atoms with van der Waals surface area (Å²) in [5.41, 5.74) is 0.865. The first-order valence-electron chi connectivity index (χ1n) is 3.71. The van der Waals surface area contributed by atoms with Crippen molar-refractivity contribution in [2.75, 3.05) is 7.11 Å². The maximum Gasteiger partial charge on any atom is 0.413 e. The van der Waals surface area contributed by atoms with E-state index in [9.17, 15) is 4.79 Å². The predicted octanol–water partition coefficient (Wildman–Crippen LogP) is 1.75. The third kappa shape index (κ3) is 1.37. The van der Waals surface area contributed by atoms with Gasteiger partial charge in [0.25, 0.3) is 0 Å². The average molecular weight is 155 g/mol. The Morgan fingerprint density at radius 3 is 2.82 bits per heavy atom. The number of rotatable bonds is 0. The number of methoxy groups -OCH3 is 1. The van der Waals surface area contributed by atoms with E-state index in [1.54, 1.807) is 4.90 Å². The van der Waals surface area contributed by atoms with Crippen molar-refractivity contribution in [1.29, 1.82) is 0 Å². The van der Waals surface area contributed by atoms with Crippen molar-refractivity contribution in [2.24, 2.45) is 0 Å². The molecule has 0 N–H and O–H groups in total. The summed E-state index contributed by atoms with van der Waals surface area (Å²) in [4.78, 5) is 12.7. The molecule has 0 saturated carbocycles. The van der Waals surface area contributed by atoms with Gasteiger partial charge in [-0.05, 0) is 19.8 Å². The third-order valence-electron chi connectivity index (χ3n) is 2.00. The number of nitrogens with zero attached hydrogens (tertiary/aromatic N) is 1. The van der Waals surface area contributed by atoms with Crippen molar-refractivity contribution in [3.8, 4) is 0 Å². The van der Waals surface area contributed by atoms with Crippen LogP contribution in [0.4, 0.5) is 4.79 Å². The van der Waals surface area contributed by atoms with Crippen LogP contribution in [-0.2, 0) is 4.74 Å². The van der Waals surface area contributed by atoms with Gasteiger partial charge in [-0.3, -0.25) is 4.90 Å². The Hall–Kier alpha value is -0.990. The largest absolute Gasteiger partial charge is 0.452 e. The molecule has 1 fully saturated rings. The van der Waals surface area contributed by atoms with Gasteiger partial charge in [-0.2, -0.15) is 0 Å².